The average Bonchev–Trinajstić information content (AvgIpc) is 3.03. The summed E-state index contributed by atoms with van der Waals surface area (Å²) < 4.78 is 0. The molecule has 2 atom stereocenters. The second kappa shape index (κ2) is 4.65. The van der Waals surface area contributed by atoms with E-state index in [2.05, 4.69) is 22.9 Å². The van der Waals surface area contributed by atoms with Crippen LogP contribution in [0, 0.1) is 11.8 Å². The number of alkyl halides is 1. The summed E-state index contributed by atoms with van der Waals surface area (Å²) in [6, 6.07) is 5.88. The highest BCUT2D eigenvalue weighted by atomic mass is 79.9. The number of hydrogen-bond donors (Lipinski definition) is 0. The lowest BCUT2D eigenvalue weighted by molar-refractivity contribution is 0.503. The van der Waals surface area contributed by atoms with E-state index in [1.807, 2.05) is 18.2 Å². The van der Waals surface area contributed by atoms with Crippen LogP contribution >= 0.6 is 39.1 Å². The van der Waals surface area contributed by atoms with E-state index in [4.69, 9.17) is 23.2 Å². The van der Waals surface area contributed by atoms with Crippen LogP contribution in [-0.4, -0.2) is 0 Å². The van der Waals surface area contributed by atoms with Crippen molar-refractivity contribution in [3.05, 3.63) is 33.8 Å². The van der Waals surface area contributed by atoms with Gasteiger partial charge in [-0.1, -0.05) is 52.1 Å². The van der Waals surface area contributed by atoms with E-state index in [0.29, 0.717) is 20.8 Å². The molecule has 2 unspecified atom stereocenters. The number of halogens is 3. The van der Waals surface area contributed by atoms with Gasteiger partial charge in [-0.05, 0) is 42.4 Å². The fourth-order valence-electron chi connectivity index (χ4n) is 1.85. The molecule has 0 aromatic heterocycles. The number of hydrogen-bond acceptors (Lipinski definition) is 0. The summed E-state index contributed by atoms with van der Waals surface area (Å²) in [5, 5.41) is 1.26. The van der Waals surface area contributed by atoms with Gasteiger partial charge in [0, 0.05) is 4.83 Å². The van der Waals surface area contributed by atoms with Gasteiger partial charge in [-0.2, -0.15) is 0 Å². The summed E-state index contributed by atoms with van der Waals surface area (Å²) in [5.74, 6) is 1.55. The first-order valence-electron chi connectivity index (χ1n) is 5.18. The smallest absolute Gasteiger partial charge is 0.0595 e. The molecule has 1 aliphatic carbocycles. The molecule has 1 saturated carbocycles. The predicted molar refractivity (Wildman–Crippen MR) is 70.0 cm³/mol. The van der Waals surface area contributed by atoms with Crippen molar-refractivity contribution in [1.82, 2.24) is 0 Å². The van der Waals surface area contributed by atoms with Gasteiger partial charge in [-0.15, -0.1) is 0 Å². The normalized spacial score (nSPS) is 20.0. The highest BCUT2D eigenvalue weighted by molar-refractivity contribution is 9.09. The summed E-state index contributed by atoms with van der Waals surface area (Å²) in [7, 11) is 0. The third kappa shape index (κ3) is 2.69. The number of rotatable bonds is 3. The topological polar surface area (TPSA) is 0 Å². The van der Waals surface area contributed by atoms with Crippen molar-refractivity contribution in [2.24, 2.45) is 11.8 Å². The molecule has 1 aromatic carbocycles. The molecule has 0 heterocycles. The van der Waals surface area contributed by atoms with Crippen LogP contribution in [0.15, 0.2) is 18.2 Å². The Hall–Kier alpha value is 0.280. The fourth-order valence-corrected chi connectivity index (χ4v) is 2.87. The van der Waals surface area contributed by atoms with E-state index in [0.717, 1.165) is 5.92 Å². The second-order valence-corrected chi connectivity index (χ2v) is 6.07. The molecule has 82 valence electrons. The Morgan fingerprint density at radius 1 is 1.27 bits per heavy atom. The van der Waals surface area contributed by atoms with Crippen molar-refractivity contribution in [2.45, 2.75) is 24.6 Å². The van der Waals surface area contributed by atoms with Gasteiger partial charge in [0.1, 0.15) is 0 Å². The van der Waals surface area contributed by atoms with Gasteiger partial charge < -0.3 is 0 Å². The number of benzene rings is 1. The van der Waals surface area contributed by atoms with Crippen molar-refractivity contribution in [3.63, 3.8) is 0 Å². The third-order valence-corrected chi connectivity index (χ3v) is 5.19. The fraction of sp³-hybridized carbons (Fsp3) is 0.500. The van der Waals surface area contributed by atoms with E-state index in [1.54, 1.807) is 0 Å². The lowest BCUT2D eigenvalue weighted by Crippen LogP contribution is -2.05. The largest absolute Gasteiger partial charge is 0.0836 e. The SMILES string of the molecule is CC(C1CC1)C(Br)c1ccc(Cl)c(Cl)c1. The van der Waals surface area contributed by atoms with Gasteiger partial charge in [0.05, 0.1) is 10.0 Å². The van der Waals surface area contributed by atoms with Gasteiger partial charge in [-0.25, -0.2) is 0 Å². The van der Waals surface area contributed by atoms with Gasteiger partial charge in [0.25, 0.3) is 0 Å². The van der Waals surface area contributed by atoms with E-state index in [-0.39, 0.29) is 0 Å². The Kier molecular flexibility index (Phi) is 3.64. The van der Waals surface area contributed by atoms with Crippen LogP contribution in [-0.2, 0) is 0 Å². The van der Waals surface area contributed by atoms with Crippen LogP contribution in [0.25, 0.3) is 0 Å². The molecule has 0 saturated heterocycles. The van der Waals surface area contributed by atoms with Crippen molar-refractivity contribution in [1.29, 1.82) is 0 Å². The van der Waals surface area contributed by atoms with E-state index >= 15 is 0 Å². The zero-order valence-corrected chi connectivity index (χ0v) is 11.6. The minimum Gasteiger partial charge on any atom is -0.0836 e. The second-order valence-electron chi connectivity index (χ2n) is 4.27. The average molecular weight is 308 g/mol. The standard InChI is InChI=1S/C12H13BrCl2/c1-7(8-2-3-8)12(13)9-4-5-10(14)11(15)6-9/h4-8,12H,2-3H2,1H3. The summed E-state index contributed by atoms with van der Waals surface area (Å²) in [5.41, 5.74) is 1.23. The summed E-state index contributed by atoms with van der Waals surface area (Å²) in [6.07, 6.45) is 2.73. The van der Waals surface area contributed by atoms with E-state index in [1.165, 1.54) is 18.4 Å². The maximum atomic E-state index is 6.01. The minimum atomic E-state index is 0.389. The molecule has 1 aliphatic rings. The molecule has 0 radical (unpaired) electrons. The molecule has 0 bridgehead atoms. The zero-order valence-electron chi connectivity index (χ0n) is 8.51. The van der Waals surface area contributed by atoms with Crippen LogP contribution in [0.4, 0.5) is 0 Å². The van der Waals surface area contributed by atoms with Crippen LogP contribution in [0.3, 0.4) is 0 Å². The lowest BCUT2D eigenvalue weighted by Gasteiger charge is -2.18. The van der Waals surface area contributed by atoms with Gasteiger partial charge in [0.2, 0.25) is 0 Å². The van der Waals surface area contributed by atoms with Gasteiger partial charge in [-0.3, -0.25) is 0 Å². The van der Waals surface area contributed by atoms with E-state index < -0.39 is 0 Å². The Morgan fingerprint density at radius 3 is 2.47 bits per heavy atom. The van der Waals surface area contributed by atoms with Gasteiger partial charge in [0.15, 0.2) is 0 Å². The molecule has 1 aromatic rings. The Morgan fingerprint density at radius 2 is 1.93 bits per heavy atom. The molecular weight excluding hydrogens is 295 g/mol. The first kappa shape index (κ1) is 11.8. The molecule has 0 nitrogen and oxygen atoms in total. The Labute approximate surface area is 109 Å². The molecule has 15 heavy (non-hydrogen) atoms. The zero-order chi connectivity index (χ0) is 11.0. The summed E-state index contributed by atoms with van der Waals surface area (Å²) >= 11 is 15.6. The quantitative estimate of drug-likeness (QED) is 0.649. The summed E-state index contributed by atoms with van der Waals surface area (Å²) in [4.78, 5) is 0.389. The van der Waals surface area contributed by atoms with Crippen LogP contribution in [0.5, 0.6) is 0 Å². The molecule has 2 rings (SSSR count). The maximum Gasteiger partial charge on any atom is 0.0595 e. The molecule has 0 N–H and O–H groups in total. The van der Waals surface area contributed by atoms with Crippen LogP contribution in [0.2, 0.25) is 10.0 Å². The molecule has 0 aliphatic heterocycles. The third-order valence-electron chi connectivity index (χ3n) is 3.09. The molecule has 3 heteroatoms. The van der Waals surface area contributed by atoms with Crippen LogP contribution in [0.1, 0.15) is 30.2 Å². The monoisotopic (exact) mass is 306 g/mol. The summed E-state index contributed by atoms with van der Waals surface area (Å²) in [6.45, 7) is 2.29. The predicted octanol–water partition coefficient (Wildman–Crippen LogP) is 5.48. The van der Waals surface area contributed by atoms with Crippen molar-refractivity contribution < 1.29 is 0 Å². The highest BCUT2D eigenvalue weighted by Gasteiger charge is 2.32. The van der Waals surface area contributed by atoms with Crippen molar-refractivity contribution >= 4 is 39.1 Å². The van der Waals surface area contributed by atoms with Crippen molar-refractivity contribution in [2.75, 3.05) is 0 Å². The van der Waals surface area contributed by atoms with E-state index in [9.17, 15) is 0 Å². The van der Waals surface area contributed by atoms with Crippen LogP contribution < -0.4 is 0 Å². The molecule has 0 spiro atoms. The molecule has 0 amide bonds. The van der Waals surface area contributed by atoms with Gasteiger partial charge >= 0.3 is 0 Å². The first-order valence-corrected chi connectivity index (χ1v) is 6.86. The maximum absolute atomic E-state index is 6.01. The highest BCUT2D eigenvalue weighted by Crippen LogP contribution is 2.46. The molecular formula is C12H13BrCl2. The Bertz CT molecular complexity index is 361. The minimum absolute atomic E-state index is 0.389. The lowest BCUT2D eigenvalue weighted by atomic mass is 9.97. The molecule has 1 fully saturated rings. The first-order chi connectivity index (χ1) is 7.09. The van der Waals surface area contributed by atoms with Crippen molar-refractivity contribution in [3.8, 4) is 0 Å². The Balaban J connectivity index is 2.17.